The summed E-state index contributed by atoms with van der Waals surface area (Å²) in [5, 5.41) is 0. The third kappa shape index (κ3) is 6.76. The van der Waals surface area contributed by atoms with Gasteiger partial charge in [-0.1, -0.05) is 12.1 Å². The van der Waals surface area contributed by atoms with E-state index in [1.54, 1.807) is 36.5 Å². The summed E-state index contributed by atoms with van der Waals surface area (Å²) in [4.78, 5) is 22.8. The largest absolute Gasteiger partial charge is 0.435 e. The van der Waals surface area contributed by atoms with E-state index in [2.05, 4.69) is 19.5 Å². The third-order valence-electron chi connectivity index (χ3n) is 4.97. The van der Waals surface area contributed by atoms with Crippen LogP contribution in [0.2, 0.25) is 0 Å². The quantitative estimate of drug-likeness (QED) is 0.677. The molecule has 6 nitrogen and oxygen atoms in total. The minimum absolute atomic E-state index is 0.0421. The van der Waals surface area contributed by atoms with Crippen molar-refractivity contribution >= 4 is 5.91 Å². The van der Waals surface area contributed by atoms with Crippen LogP contribution in [0.25, 0.3) is 0 Å². The standard InChI is InChI=1S/C21H26F2N4O2/c1-25(14-17-2-4-19(5-3-17)29-21(22)23)20(28)16-27-12-10-26(11-13-27)15-18-6-8-24-9-7-18/h2-9,21H,10-16H2,1H3. The van der Waals surface area contributed by atoms with Crippen LogP contribution in [0.1, 0.15) is 11.1 Å². The summed E-state index contributed by atoms with van der Waals surface area (Å²) < 4.78 is 28.8. The second-order valence-corrected chi connectivity index (χ2v) is 7.18. The number of aromatic nitrogens is 1. The SMILES string of the molecule is CN(Cc1ccc(OC(F)F)cc1)C(=O)CN1CCN(Cc2ccncc2)CC1. The summed E-state index contributed by atoms with van der Waals surface area (Å²) in [5.41, 5.74) is 2.11. The highest BCUT2D eigenvalue weighted by atomic mass is 19.3. The smallest absolute Gasteiger partial charge is 0.387 e. The van der Waals surface area contributed by atoms with E-state index in [-0.39, 0.29) is 11.7 Å². The van der Waals surface area contributed by atoms with Gasteiger partial charge in [0.05, 0.1) is 6.54 Å². The Morgan fingerprint density at radius 2 is 1.66 bits per heavy atom. The van der Waals surface area contributed by atoms with Crippen LogP contribution in [0.15, 0.2) is 48.8 Å². The number of carbonyl (C=O) groups excluding carboxylic acids is 1. The van der Waals surface area contributed by atoms with Crippen molar-refractivity contribution in [3.8, 4) is 5.75 Å². The van der Waals surface area contributed by atoms with Crippen molar-refractivity contribution in [3.05, 3.63) is 59.9 Å². The number of carbonyl (C=O) groups is 1. The van der Waals surface area contributed by atoms with Gasteiger partial charge in [0.15, 0.2) is 0 Å². The summed E-state index contributed by atoms with van der Waals surface area (Å²) >= 11 is 0. The second kappa shape index (κ2) is 10.3. The van der Waals surface area contributed by atoms with Gasteiger partial charge >= 0.3 is 6.61 Å². The van der Waals surface area contributed by atoms with E-state index in [0.29, 0.717) is 13.1 Å². The predicted octanol–water partition coefficient (Wildman–Crippen LogP) is 2.46. The molecule has 1 aromatic carbocycles. The number of likely N-dealkylation sites (N-methyl/N-ethyl adjacent to an activating group) is 1. The van der Waals surface area contributed by atoms with Crippen LogP contribution >= 0.6 is 0 Å². The lowest BCUT2D eigenvalue weighted by Gasteiger charge is -2.35. The van der Waals surface area contributed by atoms with Gasteiger partial charge in [-0.15, -0.1) is 0 Å². The van der Waals surface area contributed by atoms with Crippen molar-refractivity contribution in [2.75, 3.05) is 39.8 Å². The Labute approximate surface area is 169 Å². The maximum absolute atomic E-state index is 12.5. The molecule has 156 valence electrons. The molecule has 1 fully saturated rings. The van der Waals surface area contributed by atoms with Crippen LogP contribution in [0.4, 0.5) is 8.78 Å². The molecule has 1 aromatic heterocycles. The summed E-state index contributed by atoms with van der Waals surface area (Å²) in [6.45, 7) is 2.41. The van der Waals surface area contributed by atoms with Gasteiger partial charge in [0.1, 0.15) is 5.75 Å². The summed E-state index contributed by atoms with van der Waals surface area (Å²) in [5.74, 6) is 0.155. The first-order chi connectivity index (χ1) is 14.0. The maximum atomic E-state index is 12.5. The number of rotatable bonds is 8. The van der Waals surface area contributed by atoms with Crippen molar-refractivity contribution in [1.82, 2.24) is 19.7 Å². The Balaban J connectivity index is 1.41. The van der Waals surface area contributed by atoms with Crippen molar-refractivity contribution < 1.29 is 18.3 Å². The molecule has 3 rings (SSSR count). The number of hydrogen-bond donors (Lipinski definition) is 0. The minimum Gasteiger partial charge on any atom is -0.435 e. The monoisotopic (exact) mass is 404 g/mol. The molecule has 0 aliphatic carbocycles. The number of pyridine rings is 1. The van der Waals surface area contributed by atoms with E-state index in [4.69, 9.17) is 0 Å². The normalized spacial score (nSPS) is 15.4. The fraction of sp³-hybridized carbons (Fsp3) is 0.429. The van der Waals surface area contributed by atoms with Gasteiger partial charge in [-0.3, -0.25) is 19.6 Å². The zero-order chi connectivity index (χ0) is 20.6. The molecule has 0 radical (unpaired) electrons. The Kier molecular flexibility index (Phi) is 7.48. The fourth-order valence-electron chi connectivity index (χ4n) is 3.30. The average Bonchev–Trinajstić information content (AvgIpc) is 2.71. The first kappa shape index (κ1) is 21.1. The van der Waals surface area contributed by atoms with E-state index in [0.717, 1.165) is 38.3 Å². The number of nitrogens with zero attached hydrogens (tertiary/aromatic N) is 4. The molecule has 2 aromatic rings. The molecule has 0 saturated carbocycles. The molecule has 0 N–H and O–H groups in total. The van der Waals surface area contributed by atoms with Crippen molar-refractivity contribution in [3.63, 3.8) is 0 Å². The number of alkyl halides is 2. The highest BCUT2D eigenvalue weighted by molar-refractivity contribution is 5.78. The number of hydrogen-bond acceptors (Lipinski definition) is 5. The lowest BCUT2D eigenvalue weighted by Crippen LogP contribution is -2.49. The van der Waals surface area contributed by atoms with E-state index in [9.17, 15) is 13.6 Å². The highest BCUT2D eigenvalue weighted by Gasteiger charge is 2.20. The number of piperazine rings is 1. The van der Waals surface area contributed by atoms with Gasteiger partial charge in [0, 0.05) is 58.7 Å². The van der Waals surface area contributed by atoms with Crippen molar-refractivity contribution in [1.29, 1.82) is 0 Å². The van der Waals surface area contributed by atoms with Crippen LogP contribution in [0.5, 0.6) is 5.75 Å². The zero-order valence-electron chi connectivity index (χ0n) is 16.5. The van der Waals surface area contributed by atoms with Gasteiger partial charge in [-0.25, -0.2) is 0 Å². The molecule has 0 unspecified atom stereocenters. The van der Waals surface area contributed by atoms with Gasteiger partial charge in [-0.2, -0.15) is 8.78 Å². The average molecular weight is 404 g/mol. The number of benzene rings is 1. The number of halogens is 2. The highest BCUT2D eigenvalue weighted by Crippen LogP contribution is 2.16. The van der Waals surface area contributed by atoms with Gasteiger partial charge in [0.2, 0.25) is 5.91 Å². The van der Waals surface area contributed by atoms with Crippen molar-refractivity contribution in [2.24, 2.45) is 0 Å². The van der Waals surface area contributed by atoms with Gasteiger partial charge < -0.3 is 9.64 Å². The van der Waals surface area contributed by atoms with E-state index in [1.807, 2.05) is 12.1 Å². The summed E-state index contributed by atoms with van der Waals surface area (Å²) in [7, 11) is 1.76. The molecule has 1 amide bonds. The zero-order valence-corrected chi connectivity index (χ0v) is 16.5. The molecule has 29 heavy (non-hydrogen) atoms. The van der Waals surface area contributed by atoms with Gasteiger partial charge in [0.25, 0.3) is 0 Å². The molecule has 2 heterocycles. The fourth-order valence-corrected chi connectivity index (χ4v) is 3.30. The summed E-state index contributed by atoms with van der Waals surface area (Å²) in [6, 6.07) is 10.4. The maximum Gasteiger partial charge on any atom is 0.387 e. The van der Waals surface area contributed by atoms with Crippen LogP contribution < -0.4 is 4.74 Å². The molecule has 0 spiro atoms. The predicted molar refractivity (Wildman–Crippen MR) is 106 cm³/mol. The first-order valence-corrected chi connectivity index (χ1v) is 9.61. The Morgan fingerprint density at radius 3 is 2.28 bits per heavy atom. The van der Waals surface area contributed by atoms with E-state index >= 15 is 0 Å². The molecular weight excluding hydrogens is 378 g/mol. The molecule has 8 heteroatoms. The summed E-state index contributed by atoms with van der Waals surface area (Å²) in [6.07, 6.45) is 3.61. The Hall–Kier alpha value is -2.58. The first-order valence-electron chi connectivity index (χ1n) is 9.61. The molecule has 1 aliphatic heterocycles. The van der Waals surface area contributed by atoms with Crippen LogP contribution in [0, 0.1) is 0 Å². The van der Waals surface area contributed by atoms with Crippen molar-refractivity contribution in [2.45, 2.75) is 19.7 Å². The molecule has 0 atom stereocenters. The van der Waals surface area contributed by atoms with E-state index < -0.39 is 6.61 Å². The Bertz CT molecular complexity index is 766. The lowest BCUT2D eigenvalue weighted by atomic mass is 10.2. The van der Waals surface area contributed by atoms with Crippen LogP contribution in [-0.4, -0.2) is 72.0 Å². The van der Waals surface area contributed by atoms with Gasteiger partial charge in [-0.05, 0) is 35.4 Å². The molecule has 1 aliphatic rings. The topological polar surface area (TPSA) is 48.9 Å². The van der Waals surface area contributed by atoms with Crippen LogP contribution in [0.3, 0.4) is 0 Å². The molecular formula is C21H26F2N4O2. The second-order valence-electron chi connectivity index (χ2n) is 7.18. The molecule has 0 bridgehead atoms. The third-order valence-corrected chi connectivity index (χ3v) is 4.97. The number of ether oxygens (including phenoxy) is 1. The number of amides is 1. The minimum atomic E-state index is -2.84. The Morgan fingerprint density at radius 1 is 1.03 bits per heavy atom. The molecule has 1 saturated heterocycles. The van der Waals surface area contributed by atoms with Crippen LogP contribution in [-0.2, 0) is 17.9 Å². The van der Waals surface area contributed by atoms with E-state index in [1.165, 1.54) is 17.7 Å². The lowest BCUT2D eigenvalue weighted by molar-refractivity contribution is -0.132.